The van der Waals surface area contributed by atoms with E-state index in [9.17, 15) is 4.79 Å². The molecule has 0 saturated heterocycles. The fraction of sp³-hybridized carbons (Fsp3) is 0.318. The Labute approximate surface area is 173 Å². The standard InChI is InChI=1S/C22H23N5OS/c1-22(2)14-15-8-3-4-9-16(15)19-24-25-21(27(19)22)29-13-7-12-26-18-11-6-5-10-17(18)23-20(26)28/h3-6,8-11H,7,12-14H2,1-2H3,(H,23,28). The van der Waals surface area contributed by atoms with E-state index < -0.39 is 0 Å². The Balaban J connectivity index is 1.34. The number of hydrogen-bond acceptors (Lipinski definition) is 4. The minimum Gasteiger partial charge on any atom is -0.306 e. The van der Waals surface area contributed by atoms with Crippen LogP contribution < -0.4 is 5.69 Å². The van der Waals surface area contributed by atoms with Gasteiger partial charge in [-0.15, -0.1) is 10.2 Å². The van der Waals surface area contributed by atoms with Crippen LogP contribution in [-0.4, -0.2) is 30.1 Å². The van der Waals surface area contributed by atoms with Crippen molar-refractivity contribution in [3.63, 3.8) is 0 Å². The van der Waals surface area contributed by atoms with Crippen molar-refractivity contribution in [3.8, 4) is 11.4 Å². The molecule has 4 aromatic rings. The van der Waals surface area contributed by atoms with Crippen LogP contribution in [0.3, 0.4) is 0 Å². The van der Waals surface area contributed by atoms with Crippen molar-refractivity contribution in [2.45, 2.75) is 43.9 Å². The average molecular weight is 406 g/mol. The third-order valence-corrected chi connectivity index (χ3v) is 6.57. The summed E-state index contributed by atoms with van der Waals surface area (Å²) in [6, 6.07) is 16.3. The largest absolute Gasteiger partial charge is 0.326 e. The van der Waals surface area contributed by atoms with E-state index in [0.29, 0.717) is 6.54 Å². The molecular formula is C22H23N5OS. The summed E-state index contributed by atoms with van der Waals surface area (Å²) in [5.74, 6) is 1.83. The van der Waals surface area contributed by atoms with Crippen molar-refractivity contribution < 1.29 is 0 Å². The Morgan fingerprint density at radius 1 is 1.10 bits per heavy atom. The lowest BCUT2D eigenvalue weighted by atomic mass is 9.87. The lowest BCUT2D eigenvalue weighted by Gasteiger charge is -2.34. The van der Waals surface area contributed by atoms with Gasteiger partial charge in [-0.25, -0.2) is 4.79 Å². The number of para-hydroxylation sites is 2. The fourth-order valence-electron chi connectivity index (χ4n) is 4.24. The molecule has 2 aromatic heterocycles. The molecule has 0 atom stereocenters. The third kappa shape index (κ3) is 3.09. The maximum Gasteiger partial charge on any atom is 0.326 e. The summed E-state index contributed by atoms with van der Waals surface area (Å²) in [5.41, 5.74) is 4.23. The van der Waals surface area contributed by atoms with E-state index in [4.69, 9.17) is 0 Å². The molecule has 0 fully saturated rings. The van der Waals surface area contributed by atoms with E-state index in [-0.39, 0.29) is 11.2 Å². The third-order valence-electron chi connectivity index (χ3n) is 5.56. The number of benzene rings is 2. The molecule has 0 unspecified atom stereocenters. The SMILES string of the molecule is CC1(C)Cc2ccccc2-c2nnc(SCCCn3c(=O)[nH]c4ccccc43)n21. The van der Waals surface area contributed by atoms with E-state index >= 15 is 0 Å². The second-order valence-electron chi connectivity index (χ2n) is 8.09. The maximum atomic E-state index is 12.2. The molecule has 0 bridgehead atoms. The van der Waals surface area contributed by atoms with Crippen molar-refractivity contribution in [1.82, 2.24) is 24.3 Å². The lowest BCUT2D eigenvalue weighted by molar-refractivity contribution is 0.323. The van der Waals surface area contributed by atoms with E-state index in [1.165, 1.54) is 11.1 Å². The molecule has 6 nitrogen and oxygen atoms in total. The fourth-order valence-corrected chi connectivity index (χ4v) is 5.25. The molecule has 0 aliphatic carbocycles. The summed E-state index contributed by atoms with van der Waals surface area (Å²) in [6.07, 6.45) is 1.85. The van der Waals surface area contributed by atoms with Crippen LogP contribution >= 0.6 is 11.8 Å². The van der Waals surface area contributed by atoms with Gasteiger partial charge in [0.2, 0.25) is 0 Å². The normalized spacial score (nSPS) is 14.7. The van der Waals surface area contributed by atoms with Gasteiger partial charge in [-0.3, -0.25) is 9.13 Å². The van der Waals surface area contributed by atoms with E-state index in [1.807, 2.05) is 28.8 Å². The summed E-state index contributed by atoms with van der Waals surface area (Å²) in [4.78, 5) is 15.1. The highest BCUT2D eigenvalue weighted by Crippen LogP contribution is 2.39. The number of nitrogens with one attached hydrogen (secondary N) is 1. The molecule has 0 saturated carbocycles. The Kier molecular flexibility index (Phi) is 4.35. The van der Waals surface area contributed by atoms with Crippen LogP contribution in [0.25, 0.3) is 22.4 Å². The summed E-state index contributed by atoms with van der Waals surface area (Å²) in [7, 11) is 0. The second kappa shape index (κ2) is 6.91. The van der Waals surface area contributed by atoms with Gasteiger partial charge in [0.05, 0.1) is 11.0 Å². The summed E-state index contributed by atoms with van der Waals surface area (Å²) >= 11 is 1.72. The highest BCUT2D eigenvalue weighted by atomic mass is 32.2. The van der Waals surface area contributed by atoms with E-state index in [0.717, 1.165) is 40.6 Å². The predicted octanol–water partition coefficient (Wildman–Crippen LogP) is 4.06. The molecule has 148 valence electrons. The van der Waals surface area contributed by atoms with Crippen LogP contribution in [0.4, 0.5) is 0 Å². The highest BCUT2D eigenvalue weighted by molar-refractivity contribution is 7.99. The molecule has 29 heavy (non-hydrogen) atoms. The predicted molar refractivity (Wildman–Crippen MR) is 116 cm³/mol. The number of H-pyrrole nitrogens is 1. The quantitative estimate of drug-likeness (QED) is 0.402. The van der Waals surface area contributed by atoms with Crippen LogP contribution in [0.15, 0.2) is 58.5 Å². The summed E-state index contributed by atoms with van der Waals surface area (Å²) in [6.45, 7) is 5.17. The molecule has 1 aliphatic heterocycles. The van der Waals surface area contributed by atoms with Gasteiger partial charge in [0.25, 0.3) is 0 Å². The molecule has 1 aliphatic rings. The van der Waals surface area contributed by atoms with Gasteiger partial charge in [-0.05, 0) is 44.4 Å². The van der Waals surface area contributed by atoms with Gasteiger partial charge < -0.3 is 4.98 Å². The second-order valence-corrected chi connectivity index (χ2v) is 9.15. The molecule has 0 spiro atoms. The van der Waals surface area contributed by atoms with E-state index in [1.54, 1.807) is 11.8 Å². The van der Waals surface area contributed by atoms with Crippen molar-refractivity contribution in [1.29, 1.82) is 0 Å². The zero-order valence-corrected chi connectivity index (χ0v) is 17.4. The molecule has 7 heteroatoms. The van der Waals surface area contributed by atoms with E-state index in [2.05, 4.69) is 57.9 Å². The average Bonchev–Trinajstić information content (AvgIpc) is 3.27. The Hall–Kier alpha value is -2.80. The zero-order chi connectivity index (χ0) is 20.0. The van der Waals surface area contributed by atoms with Gasteiger partial charge in [0.15, 0.2) is 11.0 Å². The first-order valence-electron chi connectivity index (χ1n) is 9.89. The van der Waals surface area contributed by atoms with Crippen molar-refractivity contribution in [3.05, 3.63) is 64.6 Å². The number of rotatable bonds is 5. The minimum absolute atomic E-state index is 0.0474. The Bertz CT molecular complexity index is 1250. The first-order valence-corrected chi connectivity index (χ1v) is 10.9. The van der Waals surface area contributed by atoms with Crippen molar-refractivity contribution >= 4 is 22.8 Å². The Morgan fingerprint density at radius 3 is 2.79 bits per heavy atom. The zero-order valence-electron chi connectivity index (χ0n) is 16.6. The minimum atomic E-state index is -0.0662. The van der Waals surface area contributed by atoms with Gasteiger partial charge in [0, 0.05) is 23.4 Å². The van der Waals surface area contributed by atoms with Gasteiger partial charge in [-0.2, -0.15) is 0 Å². The molecule has 0 radical (unpaired) electrons. The number of aromatic amines is 1. The maximum absolute atomic E-state index is 12.2. The van der Waals surface area contributed by atoms with Crippen LogP contribution in [0.2, 0.25) is 0 Å². The summed E-state index contributed by atoms with van der Waals surface area (Å²) in [5, 5.41) is 9.95. The molecule has 3 heterocycles. The first kappa shape index (κ1) is 18.2. The van der Waals surface area contributed by atoms with Gasteiger partial charge in [0.1, 0.15) is 0 Å². The topological polar surface area (TPSA) is 68.5 Å². The molecule has 2 aromatic carbocycles. The lowest BCUT2D eigenvalue weighted by Crippen LogP contribution is -2.33. The number of aromatic nitrogens is 5. The summed E-state index contributed by atoms with van der Waals surface area (Å²) < 4.78 is 4.09. The van der Waals surface area contributed by atoms with Crippen LogP contribution in [0, 0.1) is 0 Å². The van der Waals surface area contributed by atoms with Gasteiger partial charge >= 0.3 is 5.69 Å². The van der Waals surface area contributed by atoms with Crippen molar-refractivity contribution in [2.75, 3.05) is 5.75 Å². The number of aryl methyl sites for hydroxylation is 1. The number of hydrogen-bond donors (Lipinski definition) is 1. The van der Waals surface area contributed by atoms with Gasteiger partial charge in [-0.1, -0.05) is 48.2 Å². The van der Waals surface area contributed by atoms with Crippen LogP contribution in [-0.2, 0) is 18.5 Å². The Morgan fingerprint density at radius 2 is 1.90 bits per heavy atom. The smallest absolute Gasteiger partial charge is 0.306 e. The molecular weight excluding hydrogens is 382 g/mol. The molecule has 1 N–H and O–H groups in total. The van der Waals surface area contributed by atoms with Crippen molar-refractivity contribution in [2.24, 2.45) is 0 Å². The highest BCUT2D eigenvalue weighted by Gasteiger charge is 2.34. The van der Waals surface area contributed by atoms with Crippen LogP contribution in [0.5, 0.6) is 0 Å². The number of thioether (sulfide) groups is 1. The first-order chi connectivity index (χ1) is 14.0. The molecule has 0 amide bonds. The number of fused-ring (bicyclic) bond motifs is 4. The number of imidazole rings is 1. The van der Waals surface area contributed by atoms with Crippen LogP contribution in [0.1, 0.15) is 25.8 Å². The molecule has 5 rings (SSSR count). The number of nitrogens with zero attached hydrogens (tertiary/aromatic N) is 4. The monoisotopic (exact) mass is 405 g/mol.